The van der Waals surface area contributed by atoms with Crippen LogP contribution < -0.4 is 4.90 Å². The summed E-state index contributed by atoms with van der Waals surface area (Å²) in [5.74, 6) is -0.0727. The number of benzene rings is 1. The molecule has 9 heteroatoms. The van der Waals surface area contributed by atoms with Crippen LogP contribution in [0.4, 0.5) is 5.69 Å². The number of halogens is 2. The molecule has 0 aliphatic carbocycles. The van der Waals surface area contributed by atoms with E-state index >= 15 is 0 Å². The lowest BCUT2D eigenvalue weighted by Gasteiger charge is -2.25. The van der Waals surface area contributed by atoms with E-state index in [1.54, 1.807) is 13.0 Å². The number of anilines is 1. The molecule has 0 aromatic heterocycles. The molecule has 3 rings (SSSR count). The summed E-state index contributed by atoms with van der Waals surface area (Å²) in [7, 11) is -3.08. The molecule has 1 aromatic carbocycles. The van der Waals surface area contributed by atoms with Gasteiger partial charge in [0.2, 0.25) is 5.91 Å². The highest BCUT2D eigenvalue weighted by molar-refractivity contribution is 9.10. The van der Waals surface area contributed by atoms with Gasteiger partial charge in [-0.25, -0.2) is 8.42 Å². The predicted molar refractivity (Wildman–Crippen MR) is 98.2 cm³/mol. The maximum absolute atomic E-state index is 12.0. The first-order valence-electron chi connectivity index (χ1n) is 7.03. The zero-order valence-electron chi connectivity index (χ0n) is 12.2. The van der Waals surface area contributed by atoms with Crippen LogP contribution in [-0.2, 0) is 14.6 Å². The second-order valence-electron chi connectivity index (χ2n) is 5.41. The minimum atomic E-state index is -3.08. The molecule has 2 fully saturated rings. The highest BCUT2D eigenvalue weighted by atomic mass is 79.9. The number of nitrogens with zero attached hydrogens (tertiary/aromatic N) is 2. The molecule has 0 radical (unpaired) electrons. The third-order valence-electron chi connectivity index (χ3n) is 3.76. The molecule has 0 N–H and O–H groups in total. The fraction of sp³-hybridized carbons (Fsp3) is 0.429. The number of thioether (sulfide) groups is 1. The van der Waals surface area contributed by atoms with Gasteiger partial charge in [-0.05, 0) is 18.2 Å². The number of carbonyl (C=O) groups excluding carboxylic acids is 1. The Kier molecular flexibility index (Phi) is 4.79. The van der Waals surface area contributed by atoms with Crippen molar-refractivity contribution >= 4 is 65.9 Å². The molecule has 1 aromatic rings. The van der Waals surface area contributed by atoms with Crippen molar-refractivity contribution in [3.8, 4) is 0 Å². The molecule has 2 saturated heterocycles. The Morgan fingerprint density at radius 1 is 1.48 bits per heavy atom. The Labute approximate surface area is 152 Å². The molecule has 23 heavy (non-hydrogen) atoms. The molecule has 2 aliphatic rings. The molecule has 5 nitrogen and oxygen atoms in total. The zero-order valence-corrected chi connectivity index (χ0v) is 16.2. The summed E-state index contributed by atoms with van der Waals surface area (Å²) in [6.07, 6.45) is 0.305. The highest BCUT2D eigenvalue weighted by Crippen LogP contribution is 2.43. The molecule has 0 spiro atoms. The first-order chi connectivity index (χ1) is 10.8. The van der Waals surface area contributed by atoms with E-state index in [0.717, 1.165) is 4.47 Å². The Morgan fingerprint density at radius 3 is 2.87 bits per heavy atom. The van der Waals surface area contributed by atoms with Gasteiger partial charge in [-0.3, -0.25) is 4.79 Å². The van der Waals surface area contributed by atoms with E-state index in [0.29, 0.717) is 22.3 Å². The molecule has 2 heterocycles. The summed E-state index contributed by atoms with van der Waals surface area (Å²) in [6.45, 7) is 1.74. The van der Waals surface area contributed by atoms with Gasteiger partial charge in [0, 0.05) is 16.1 Å². The van der Waals surface area contributed by atoms with Crippen LogP contribution in [0.25, 0.3) is 0 Å². The number of fused-ring (bicyclic) bond motifs is 1. The van der Waals surface area contributed by atoms with Gasteiger partial charge in [-0.2, -0.15) is 4.99 Å². The molecule has 0 saturated carbocycles. The van der Waals surface area contributed by atoms with Crippen LogP contribution in [0.1, 0.15) is 13.3 Å². The van der Waals surface area contributed by atoms with Gasteiger partial charge in [0.1, 0.15) is 0 Å². The summed E-state index contributed by atoms with van der Waals surface area (Å²) in [5, 5.41) is 0.899. The minimum absolute atomic E-state index is 0.0520. The minimum Gasteiger partial charge on any atom is -0.314 e. The van der Waals surface area contributed by atoms with Gasteiger partial charge in [0.15, 0.2) is 15.0 Å². The van der Waals surface area contributed by atoms with E-state index in [-0.39, 0.29) is 28.7 Å². The van der Waals surface area contributed by atoms with Crippen molar-refractivity contribution in [1.29, 1.82) is 0 Å². The third kappa shape index (κ3) is 3.45. The number of rotatable bonds is 2. The third-order valence-corrected chi connectivity index (χ3v) is 7.76. The van der Waals surface area contributed by atoms with Crippen molar-refractivity contribution in [2.24, 2.45) is 4.99 Å². The van der Waals surface area contributed by atoms with Gasteiger partial charge in [0.25, 0.3) is 0 Å². The summed E-state index contributed by atoms with van der Waals surface area (Å²) in [6, 6.07) is 5.15. The number of hydrogen-bond donors (Lipinski definition) is 0. The Morgan fingerprint density at radius 2 is 2.22 bits per heavy atom. The van der Waals surface area contributed by atoms with E-state index in [1.165, 1.54) is 11.8 Å². The highest BCUT2D eigenvalue weighted by Gasteiger charge is 2.49. The van der Waals surface area contributed by atoms with Gasteiger partial charge >= 0.3 is 0 Å². The lowest BCUT2D eigenvalue weighted by Crippen LogP contribution is -2.37. The van der Waals surface area contributed by atoms with E-state index in [4.69, 9.17) is 11.6 Å². The van der Waals surface area contributed by atoms with Crippen molar-refractivity contribution in [1.82, 2.24) is 0 Å². The fourth-order valence-electron chi connectivity index (χ4n) is 2.71. The zero-order chi connectivity index (χ0) is 16.8. The van der Waals surface area contributed by atoms with Crippen molar-refractivity contribution in [3.63, 3.8) is 0 Å². The van der Waals surface area contributed by atoms with Crippen LogP contribution in [-0.4, -0.2) is 42.3 Å². The van der Waals surface area contributed by atoms with E-state index in [2.05, 4.69) is 20.9 Å². The average molecular weight is 438 g/mol. The number of aliphatic imine (C=N–C) groups is 1. The lowest BCUT2D eigenvalue weighted by atomic mass is 10.2. The second-order valence-corrected chi connectivity index (χ2v) is 10.1. The van der Waals surface area contributed by atoms with Crippen LogP contribution >= 0.6 is 39.3 Å². The maximum atomic E-state index is 12.0. The van der Waals surface area contributed by atoms with E-state index < -0.39 is 9.84 Å². The van der Waals surface area contributed by atoms with Gasteiger partial charge in [-0.1, -0.05) is 46.2 Å². The molecule has 2 atom stereocenters. The van der Waals surface area contributed by atoms with Gasteiger partial charge in [-0.15, -0.1) is 0 Å². The molecule has 2 unspecified atom stereocenters. The topological polar surface area (TPSA) is 66.8 Å². The fourth-order valence-corrected chi connectivity index (χ4v) is 7.40. The molecule has 1 amide bonds. The lowest BCUT2D eigenvalue weighted by molar-refractivity contribution is -0.117. The summed E-state index contributed by atoms with van der Waals surface area (Å²) >= 11 is 11.0. The van der Waals surface area contributed by atoms with Crippen LogP contribution in [0.5, 0.6) is 0 Å². The van der Waals surface area contributed by atoms with E-state index in [9.17, 15) is 13.2 Å². The van der Waals surface area contributed by atoms with Crippen LogP contribution in [0, 0.1) is 0 Å². The summed E-state index contributed by atoms with van der Waals surface area (Å²) in [5.41, 5.74) is 0.676. The largest absolute Gasteiger partial charge is 0.314 e. The number of carbonyl (C=O) groups is 1. The average Bonchev–Trinajstić information content (AvgIpc) is 2.91. The van der Waals surface area contributed by atoms with E-state index in [1.807, 2.05) is 17.0 Å². The maximum Gasteiger partial charge on any atom is 0.247 e. The first-order valence-corrected chi connectivity index (χ1v) is 10.9. The SMILES string of the molecule is CCC(=O)N=C1SC2CS(=O)(=O)CC2N1c1ccc(Br)cc1Cl. The Balaban J connectivity index is 2.06. The second kappa shape index (κ2) is 6.38. The van der Waals surface area contributed by atoms with Gasteiger partial charge < -0.3 is 4.90 Å². The smallest absolute Gasteiger partial charge is 0.247 e. The number of sulfone groups is 1. The molecular weight excluding hydrogens is 424 g/mol. The molecule has 124 valence electrons. The van der Waals surface area contributed by atoms with Crippen LogP contribution in [0.15, 0.2) is 27.7 Å². The van der Waals surface area contributed by atoms with Crippen molar-refractivity contribution < 1.29 is 13.2 Å². The summed E-state index contributed by atoms with van der Waals surface area (Å²) < 4.78 is 24.7. The predicted octanol–water partition coefficient (Wildman–Crippen LogP) is 3.11. The van der Waals surface area contributed by atoms with Crippen LogP contribution in [0.3, 0.4) is 0 Å². The standard InChI is InChI=1S/C14H14BrClN2O3S2/c1-2-13(19)17-14-18(10-4-3-8(15)5-9(10)16)11-6-23(20,21)7-12(11)22-14/h3-5,11-12H,2,6-7H2,1H3. The number of amidine groups is 1. The van der Waals surface area contributed by atoms with Gasteiger partial charge in [0.05, 0.1) is 28.3 Å². The number of hydrogen-bond acceptors (Lipinski definition) is 4. The van der Waals surface area contributed by atoms with Crippen molar-refractivity contribution in [2.75, 3.05) is 16.4 Å². The number of amides is 1. The Bertz CT molecular complexity index is 797. The normalized spacial score (nSPS) is 27.4. The monoisotopic (exact) mass is 436 g/mol. The quantitative estimate of drug-likeness (QED) is 0.711. The van der Waals surface area contributed by atoms with Crippen molar-refractivity contribution in [3.05, 3.63) is 27.7 Å². The van der Waals surface area contributed by atoms with Crippen molar-refractivity contribution in [2.45, 2.75) is 24.6 Å². The van der Waals surface area contributed by atoms with Crippen LogP contribution in [0.2, 0.25) is 5.02 Å². The molecule has 0 bridgehead atoms. The molecule has 2 aliphatic heterocycles. The molecular formula is C14H14BrClN2O3S2. The summed E-state index contributed by atoms with van der Waals surface area (Å²) in [4.78, 5) is 17.7. The first kappa shape index (κ1) is 17.3. The Hall–Kier alpha value is -0.570.